The number of rotatable bonds is 9. The predicted molar refractivity (Wildman–Crippen MR) is 121 cm³/mol. The smallest absolute Gasteiger partial charge is 0.206 e. The van der Waals surface area contributed by atoms with Crippen LogP contribution in [0.2, 0.25) is 0 Å². The minimum Gasteiger partial charge on any atom is -0.493 e. The Morgan fingerprint density at radius 1 is 1.13 bits per heavy atom. The van der Waals surface area contributed by atoms with Crippen molar-refractivity contribution >= 4 is 33.9 Å². The topological polar surface area (TPSA) is 73.6 Å². The van der Waals surface area contributed by atoms with Gasteiger partial charge >= 0.3 is 0 Å². The number of aryl methyl sites for hydroxylation is 1. The molecule has 30 heavy (non-hydrogen) atoms. The SMILES string of the molecule is COc1ccc(CCNc2nnc(SCc3cn4cccc(C)c4n3)s2)cc1OC. The molecule has 3 heterocycles. The third-order valence-corrected chi connectivity index (χ3v) is 6.66. The molecule has 0 saturated carbocycles. The number of imidazole rings is 1. The van der Waals surface area contributed by atoms with Crippen LogP contribution in [0, 0.1) is 6.92 Å². The molecule has 3 aromatic heterocycles. The van der Waals surface area contributed by atoms with Gasteiger partial charge in [0.1, 0.15) is 5.65 Å². The highest BCUT2D eigenvalue weighted by atomic mass is 32.2. The number of anilines is 1. The molecule has 1 N–H and O–H groups in total. The second-order valence-corrected chi connectivity index (χ2v) is 8.88. The van der Waals surface area contributed by atoms with Crippen molar-refractivity contribution in [1.29, 1.82) is 0 Å². The highest BCUT2D eigenvalue weighted by Gasteiger charge is 2.09. The number of nitrogens with zero attached hydrogens (tertiary/aromatic N) is 4. The zero-order valence-corrected chi connectivity index (χ0v) is 18.7. The van der Waals surface area contributed by atoms with Crippen LogP contribution in [0.3, 0.4) is 0 Å². The summed E-state index contributed by atoms with van der Waals surface area (Å²) in [5.74, 6) is 2.24. The van der Waals surface area contributed by atoms with Crippen LogP contribution in [0.25, 0.3) is 5.65 Å². The molecule has 0 aliphatic carbocycles. The van der Waals surface area contributed by atoms with Crippen molar-refractivity contribution in [2.24, 2.45) is 0 Å². The van der Waals surface area contributed by atoms with Gasteiger partial charge in [-0.05, 0) is 42.7 Å². The van der Waals surface area contributed by atoms with Crippen LogP contribution >= 0.6 is 23.1 Å². The molecule has 9 heteroatoms. The van der Waals surface area contributed by atoms with Crippen LogP contribution in [-0.4, -0.2) is 40.3 Å². The minimum atomic E-state index is 0.737. The van der Waals surface area contributed by atoms with E-state index in [1.807, 2.05) is 30.5 Å². The summed E-state index contributed by atoms with van der Waals surface area (Å²) in [6.07, 6.45) is 4.94. The monoisotopic (exact) mass is 441 g/mol. The van der Waals surface area contributed by atoms with Crippen LogP contribution in [0.15, 0.2) is 47.1 Å². The third-order valence-electron chi connectivity index (χ3n) is 4.62. The predicted octanol–water partition coefficient (Wildman–Crippen LogP) is 4.46. The molecule has 0 unspecified atom stereocenters. The van der Waals surface area contributed by atoms with E-state index in [1.165, 1.54) is 11.1 Å². The van der Waals surface area contributed by atoms with Gasteiger partial charge in [-0.25, -0.2) is 4.98 Å². The number of fused-ring (bicyclic) bond motifs is 1. The molecular formula is C21H23N5O2S2. The van der Waals surface area contributed by atoms with Gasteiger partial charge < -0.3 is 19.2 Å². The summed E-state index contributed by atoms with van der Waals surface area (Å²) >= 11 is 3.21. The van der Waals surface area contributed by atoms with Crippen molar-refractivity contribution in [2.75, 3.05) is 26.1 Å². The summed E-state index contributed by atoms with van der Waals surface area (Å²) in [7, 11) is 3.29. The molecule has 0 spiro atoms. The fourth-order valence-corrected chi connectivity index (χ4v) is 4.76. The summed E-state index contributed by atoms with van der Waals surface area (Å²) in [4.78, 5) is 4.71. The van der Waals surface area contributed by atoms with Gasteiger partial charge in [-0.15, -0.1) is 10.2 Å². The van der Waals surface area contributed by atoms with Crippen molar-refractivity contribution < 1.29 is 9.47 Å². The highest BCUT2D eigenvalue weighted by molar-refractivity contribution is 8.00. The van der Waals surface area contributed by atoms with Gasteiger partial charge in [0.15, 0.2) is 15.8 Å². The number of methoxy groups -OCH3 is 2. The molecule has 1 aromatic carbocycles. The summed E-state index contributed by atoms with van der Waals surface area (Å²) in [6, 6.07) is 10.1. The lowest BCUT2D eigenvalue weighted by Crippen LogP contribution is -2.04. The number of aromatic nitrogens is 4. The first-order chi connectivity index (χ1) is 14.7. The Morgan fingerprint density at radius 2 is 2.00 bits per heavy atom. The molecule has 0 atom stereocenters. The number of nitrogens with one attached hydrogen (secondary N) is 1. The van der Waals surface area contributed by atoms with Crippen LogP contribution in [0.4, 0.5) is 5.13 Å². The molecule has 156 valence electrons. The van der Waals surface area contributed by atoms with Gasteiger partial charge in [0.25, 0.3) is 0 Å². The number of thioether (sulfide) groups is 1. The lowest BCUT2D eigenvalue weighted by Gasteiger charge is -2.09. The van der Waals surface area contributed by atoms with Gasteiger partial charge in [-0.3, -0.25) is 0 Å². The van der Waals surface area contributed by atoms with E-state index in [2.05, 4.69) is 39.1 Å². The van der Waals surface area contributed by atoms with Crippen LogP contribution in [0.5, 0.6) is 11.5 Å². The molecule has 7 nitrogen and oxygen atoms in total. The maximum atomic E-state index is 5.36. The standard InChI is InChI=1S/C21H23N5O2S2/c1-14-5-4-10-26-12-16(23-19(14)26)13-29-21-25-24-20(30-21)22-9-8-15-6-7-17(27-2)18(11-15)28-3/h4-7,10-12H,8-9,13H2,1-3H3,(H,22,24). The minimum absolute atomic E-state index is 0.737. The Morgan fingerprint density at radius 3 is 2.80 bits per heavy atom. The molecule has 4 rings (SSSR count). The van der Waals surface area contributed by atoms with Gasteiger partial charge in [-0.1, -0.05) is 35.2 Å². The number of hydrogen-bond acceptors (Lipinski definition) is 8. The highest BCUT2D eigenvalue weighted by Crippen LogP contribution is 2.29. The van der Waals surface area contributed by atoms with Crippen molar-refractivity contribution in [2.45, 2.75) is 23.4 Å². The largest absolute Gasteiger partial charge is 0.493 e. The van der Waals surface area contributed by atoms with E-state index in [0.29, 0.717) is 0 Å². The number of ether oxygens (including phenoxy) is 2. The number of hydrogen-bond donors (Lipinski definition) is 1. The number of pyridine rings is 1. The lowest BCUT2D eigenvalue weighted by atomic mass is 10.1. The zero-order chi connectivity index (χ0) is 20.9. The maximum Gasteiger partial charge on any atom is 0.206 e. The van der Waals surface area contributed by atoms with Crippen molar-refractivity contribution in [3.05, 3.63) is 59.5 Å². The molecule has 0 bridgehead atoms. The van der Waals surface area contributed by atoms with Gasteiger partial charge in [-0.2, -0.15) is 0 Å². The Balaban J connectivity index is 1.29. The first-order valence-corrected chi connectivity index (χ1v) is 11.3. The maximum absolute atomic E-state index is 5.36. The molecule has 0 radical (unpaired) electrons. The third kappa shape index (κ3) is 4.68. The average molecular weight is 442 g/mol. The summed E-state index contributed by atoms with van der Waals surface area (Å²) in [5, 5.41) is 12.7. The summed E-state index contributed by atoms with van der Waals surface area (Å²) < 4.78 is 13.6. The van der Waals surface area contributed by atoms with E-state index in [9.17, 15) is 0 Å². The Bertz CT molecular complexity index is 1140. The quantitative estimate of drug-likeness (QED) is 0.385. The molecule has 0 saturated heterocycles. The second-order valence-electron chi connectivity index (χ2n) is 6.68. The fourth-order valence-electron chi connectivity index (χ4n) is 3.10. The molecular weight excluding hydrogens is 418 g/mol. The normalized spacial score (nSPS) is 11.0. The average Bonchev–Trinajstić information content (AvgIpc) is 3.39. The molecule has 0 amide bonds. The fraction of sp³-hybridized carbons (Fsp3) is 0.286. The molecule has 0 fully saturated rings. The van der Waals surface area contributed by atoms with Crippen LogP contribution in [-0.2, 0) is 12.2 Å². The molecule has 4 aromatic rings. The molecule has 0 aliphatic heterocycles. The summed E-state index contributed by atoms with van der Waals surface area (Å²) in [6.45, 7) is 2.84. The van der Waals surface area contributed by atoms with E-state index in [-0.39, 0.29) is 0 Å². The Labute approximate surface area is 183 Å². The van der Waals surface area contributed by atoms with E-state index in [0.717, 1.165) is 51.0 Å². The van der Waals surface area contributed by atoms with Crippen molar-refractivity contribution in [1.82, 2.24) is 19.6 Å². The van der Waals surface area contributed by atoms with E-state index in [4.69, 9.17) is 14.5 Å². The van der Waals surface area contributed by atoms with E-state index < -0.39 is 0 Å². The Hall–Kier alpha value is -2.78. The van der Waals surface area contributed by atoms with Gasteiger partial charge in [0.05, 0.1) is 19.9 Å². The van der Waals surface area contributed by atoms with Crippen LogP contribution < -0.4 is 14.8 Å². The Kier molecular flexibility index (Phi) is 6.39. The van der Waals surface area contributed by atoms with Gasteiger partial charge in [0, 0.05) is 24.7 Å². The zero-order valence-electron chi connectivity index (χ0n) is 17.1. The van der Waals surface area contributed by atoms with E-state index >= 15 is 0 Å². The number of benzene rings is 1. The van der Waals surface area contributed by atoms with Crippen molar-refractivity contribution in [3.8, 4) is 11.5 Å². The summed E-state index contributed by atoms with van der Waals surface area (Å²) in [5.41, 5.74) is 4.38. The van der Waals surface area contributed by atoms with Gasteiger partial charge in [0.2, 0.25) is 5.13 Å². The van der Waals surface area contributed by atoms with Crippen LogP contribution in [0.1, 0.15) is 16.8 Å². The second kappa shape index (κ2) is 9.36. The van der Waals surface area contributed by atoms with E-state index in [1.54, 1.807) is 37.3 Å². The molecule has 0 aliphatic rings. The first kappa shape index (κ1) is 20.5. The first-order valence-electron chi connectivity index (χ1n) is 9.50. The lowest BCUT2D eigenvalue weighted by molar-refractivity contribution is 0.354. The van der Waals surface area contributed by atoms with Crippen molar-refractivity contribution in [3.63, 3.8) is 0 Å².